The molecule has 4 rings (SSSR count). The van der Waals surface area contributed by atoms with Gasteiger partial charge >= 0.3 is 0 Å². The minimum absolute atomic E-state index is 0.171. The maximum absolute atomic E-state index is 13.0. The van der Waals surface area contributed by atoms with E-state index in [1.54, 1.807) is 54.6 Å². The Bertz CT molecular complexity index is 1480. The fourth-order valence-electron chi connectivity index (χ4n) is 3.54. The Kier molecular flexibility index (Phi) is 9.85. The number of nitrogens with one attached hydrogen (secondary N) is 1. The lowest BCUT2D eigenvalue weighted by Gasteiger charge is -2.15. The molecular formula is C27H20BrCl3N2O5S. The fraction of sp³-hybridized carbons (Fsp3) is 0.148. The molecule has 0 atom stereocenters. The molecule has 0 spiro atoms. The predicted octanol–water partition coefficient (Wildman–Crippen LogP) is 8.06. The SMILES string of the molecule is CCOc1cc(/C=C2/SC(=O)N(CC(=O)Nc3ccccc3Cl)C2=O)cc(Br)c1OCc1ccc(Cl)c(Cl)c1. The van der Waals surface area contributed by atoms with Crippen LogP contribution in [-0.4, -0.2) is 35.1 Å². The van der Waals surface area contributed by atoms with E-state index in [1.165, 1.54) is 0 Å². The van der Waals surface area contributed by atoms with Crippen LogP contribution < -0.4 is 14.8 Å². The molecule has 39 heavy (non-hydrogen) atoms. The number of hydrogen-bond donors (Lipinski definition) is 1. The number of halogens is 4. The van der Waals surface area contributed by atoms with Crippen molar-refractivity contribution in [1.82, 2.24) is 4.90 Å². The predicted molar refractivity (Wildman–Crippen MR) is 159 cm³/mol. The molecule has 12 heteroatoms. The van der Waals surface area contributed by atoms with Gasteiger partial charge in [0.1, 0.15) is 13.2 Å². The van der Waals surface area contributed by atoms with Crippen LogP contribution in [0.15, 0.2) is 64.0 Å². The highest BCUT2D eigenvalue weighted by atomic mass is 79.9. The van der Waals surface area contributed by atoms with Crippen LogP contribution in [0.2, 0.25) is 15.1 Å². The Morgan fingerprint density at radius 1 is 1.03 bits per heavy atom. The lowest BCUT2D eigenvalue weighted by atomic mass is 10.1. The number of carbonyl (C=O) groups excluding carboxylic acids is 3. The summed E-state index contributed by atoms with van der Waals surface area (Å²) >= 11 is 22.4. The Morgan fingerprint density at radius 2 is 1.79 bits per heavy atom. The van der Waals surface area contributed by atoms with Gasteiger partial charge in [0, 0.05) is 0 Å². The maximum atomic E-state index is 13.0. The van der Waals surface area contributed by atoms with Gasteiger partial charge in [0.2, 0.25) is 5.91 Å². The lowest BCUT2D eigenvalue weighted by molar-refractivity contribution is -0.127. The molecule has 1 aliphatic rings. The van der Waals surface area contributed by atoms with Crippen LogP contribution in [-0.2, 0) is 16.2 Å². The largest absolute Gasteiger partial charge is 0.490 e. The van der Waals surface area contributed by atoms with Crippen LogP contribution >= 0.6 is 62.5 Å². The van der Waals surface area contributed by atoms with Crippen molar-refractivity contribution in [2.24, 2.45) is 0 Å². The van der Waals surface area contributed by atoms with E-state index in [0.29, 0.717) is 48.9 Å². The smallest absolute Gasteiger partial charge is 0.294 e. The zero-order valence-corrected chi connectivity index (χ0v) is 25.0. The van der Waals surface area contributed by atoms with E-state index >= 15 is 0 Å². The van der Waals surface area contributed by atoms with Crippen LogP contribution in [0.4, 0.5) is 10.5 Å². The molecule has 1 fully saturated rings. The summed E-state index contributed by atoms with van der Waals surface area (Å²) in [7, 11) is 0. The highest BCUT2D eigenvalue weighted by Gasteiger charge is 2.36. The molecular weight excluding hydrogens is 651 g/mol. The molecule has 0 bridgehead atoms. The number of ether oxygens (including phenoxy) is 2. The van der Waals surface area contributed by atoms with Crippen LogP contribution in [0.25, 0.3) is 6.08 Å². The summed E-state index contributed by atoms with van der Waals surface area (Å²) in [6.45, 7) is 1.98. The first kappa shape index (κ1) is 29.3. The van der Waals surface area contributed by atoms with Crippen LogP contribution in [0.3, 0.4) is 0 Å². The molecule has 7 nitrogen and oxygen atoms in total. The first-order valence-corrected chi connectivity index (χ1v) is 14.2. The number of thioether (sulfide) groups is 1. The van der Waals surface area contributed by atoms with Crippen molar-refractivity contribution in [3.8, 4) is 11.5 Å². The van der Waals surface area contributed by atoms with Gasteiger partial charge in [0.25, 0.3) is 11.1 Å². The molecule has 3 aromatic rings. The Labute approximate surface area is 252 Å². The molecule has 1 saturated heterocycles. The van der Waals surface area contributed by atoms with Gasteiger partial charge in [-0.15, -0.1) is 0 Å². The van der Waals surface area contributed by atoms with Gasteiger partial charge in [-0.05, 0) is 88.2 Å². The third-order valence-electron chi connectivity index (χ3n) is 5.32. The van der Waals surface area contributed by atoms with Crippen molar-refractivity contribution in [1.29, 1.82) is 0 Å². The van der Waals surface area contributed by atoms with E-state index in [2.05, 4.69) is 21.2 Å². The van der Waals surface area contributed by atoms with Gasteiger partial charge in [0.05, 0.1) is 36.7 Å². The van der Waals surface area contributed by atoms with Gasteiger partial charge in [-0.2, -0.15) is 0 Å². The number of para-hydroxylation sites is 1. The van der Waals surface area contributed by atoms with E-state index in [4.69, 9.17) is 44.3 Å². The molecule has 1 aliphatic heterocycles. The number of nitrogens with zero attached hydrogens (tertiary/aromatic N) is 1. The van der Waals surface area contributed by atoms with E-state index < -0.39 is 23.6 Å². The van der Waals surface area contributed by atoms with Crippen molar-refractivity contribution >= 4 is 91.3 Å². The second kappa shape index (κ2) is 13.1. The minimum Gasteiger partial charge on any atom is -0.490 e. The number of rotatable bonds is 9. The van der Waals surface area contributed by atoms with Crippen molar-refractivity contribution in [3.05, 3.63) is 90.2 Å². The molecule has 0 radical (unpaired) electrons. The first-order chi connectivity index (χ1) is 18.7. The fourth-order valence-corrected chi connectivity index (χ4v) is 5.46. The third-order valence-corrected chi connectivity index (χ3v) is 7.88. The van der Waals surface area contributed by atoms with Crippen LogP contribution in [0.1, 0.15) is 18.1 Å². The Morgan fingerprint density at radius 3 is 2.51 bits per heavy atom. The molecule has 0 aromatic heterocycles. The summed E-state index contributed by atoms with van der Waals surface area (Å²) in [5, 5.41) is 3.28. The number of imide groups is 1. The number of anilines is 1. The van der Waals surface area contributed by atoms with E-state index in [-0.39, 0.29) is 11.5 Å². The summed E-state index contributed by atoms with van der Waals surface area (Å²) in [6.07, 6.45) is 1.56. The molecule has 0 aliphatic carbocycles. The van der Waals surface area contributed by atoms with Gasteiger partial charge < -0.3 is 14.8 Å². The third kappa shape index (κ3) is 7.29. The first-order valence-electron chi connectivity index (χ1n) is 11.5. The topological polar surface area (TPSA) is 84.9 Å². The van der Waals surface area contributed by atoms with Crippen molar-refractivity contribution in [3.63, 3.8) is 0 Å². The second-order valence-electron chi connectivity index (χ2n) is 8.10. The number of amides is 3. The summed E-state index contributed by atoms with van der Waals surface area (Å²) in [6, 6.07) is 15.3. The van der Waals surface area contributed by atoms with E-state index in [1.807, 2.05) is 13.0 Å². The van der Waals surface area contributed by atoms with Gasteiger partial charge in [-0.3, -0.25) is 19.3 Å². The van der Waals surface area contributed by atoms with Crippen LogP contribution in [0.5, 0.6) is 11.5 Å². The second-order valence-corrected chi connectivity index (χ2v) is 11.2. The zero-order valence-electron chi connectivity index (χ0n) is 20.3. The molecule has 1 N–H and O–H groups in total. The highest BCUT2D eigenvalue weighted by Crippen LogP contribution is 2.40. The van der Waals surface area contributed by atoms with Crippen molar-refractivity contribution < 1.29 is 23.9 Å². The van der Waals surface area contributed by atoms with Crippen molar-refractivity contribution in [2.45, 2.75) is 13.5 Å². The number of benzene rings is 3. The van der Waals surface area contributed by atoms with Crippen molar-refractivity contribution in [2.75, 3.05) is 18.5 Å². The Balaban J connectivity index is 1.50. The average Bonchev–Trinajstić information content (AvgIpc) is 3.14. The molecule has 3 aromatic carbocycles. The summed E-state index contributed by atoms with van der Waals surface area (Å²) in [5.74, 6) is -0.217. The quantitative estimate of drug-likeness (QED) is 0.232. The molecule has 3 amide bonds. The summed E-state index contributed by atoms with van der Waals surface area (Å²) in [5.41, 5.74) is 1.80. The standard InChI is InChI=1S/C27H20BrCl3N2O5S/c1-2-37-22-11-16(9-17(28)25(22)38-14-15-7-8-18(29)20(31)10-15)12-23-26(35)33(27(36)39-23)13-24(34)32-21-6-4-3-5-19(21)30/h3-12H,2,13-14H2,1H3,(H,32,34)/b23-12+. The lowest BCUT2D eigenvalue weighted by Crippen LogP contribution is -2.36. The zero-order chi connectivity index (χ0) is 28.1. The van der Waals surface area contributed by atoms with E-state index in [0.717, 1.165) is 22.2 Å². The summed E-state index contributed by atoms with van der Waals surface area (Å²) in [4.78, 5) is 39.1. The van der Waals surface area contributed by atoms with Crippen LogP contribution in [0, 0.1) is 0 Å². The number of hydrogen-bond acceptors (Lipinski definition) is 6. The molecule has 0 unspecified atom stereocenters. The monoisotopic (exact) mass is 668 g/mol. The normalized spacial score (nSPS) is 14.2. The Hall–Kier alpha value is -2.69. The van der Waals surface area contributed by atoms with Gasteiger partial charge in [-0.1, -0.05) is 53.0 Å². The maximum Gasteiger partial charge on any atom is 0.294 e. The number of carbonyl (C=O) groups is 3. The van der Waals surface area contributed by atoms with E-state index in [9.17, 15) is 14.4 Å². The van der Waals surface area contributed by atoms with Gasteiger partial charge in [0.15, 0.2) is 11.5 Å². The molecule has 1 heterocycles. The molecule has 0 saturated carbocycles. The highest BCUT2D eigenvalue weighted by molar-refractivity contribution is 9.10. The minimum atomic E-state index is -0.576. The van der Waals surface area contributed by atoms with Gasteiger partial charge in [-0.25, -0.2) is 0 Å². The molecule has 202 valence electrons. The average molecular weight is 671 g/mol. The summed E-state index contributed by atoms with van der Waals surface area (Å²) < 4.78 is 12.4.